The molecule has 21 heavy (non-hydrogen) atoms. The van der Waals surface area contributed by atoms with Crippen LogP contribution in [0.5, 0.6) is 0 Å². The molecule has 1 saturated heterocycles. The van der Waals surface area contributed by atoms with Gasteiger partial charge in [-0.1, -0.05) is 18.2 Å². The van der Waals surface area contributed by atoms with Crippen LogP contribution in [0.2, 0.25) is 0 Å². The smallest absolute Gasteiger partial charge is 0.254 e. The average molecular weight is 288 g/mol. The Morgan fingerprint density at radius 3 is 3.10 bits per heavy atom. The van der Waals surface area contributed by atoms with E-state index in [9.17, 15) is 4.79 Å². The predicted molar refractivity (Wildman–Crippen MR) is 82.5 cm³/mol. The van der Waals surface area contributed by atoms with Crippen molar-refractivity contribution in [2.45, 2.75) is 37.8 Å². The van der Waals surface area contributed by atoms with Gasteiger partial charge >= 0.3 is 0 Å². The molecule has 4 nitrogen and oxygen atoms in total. The first-order chi connectivity index (χ1) is 10.3. The molecule has 1 aliphatic carbocycles. The van der Waals surface area contributed by atoms with E-state index in [1.54, 1.807) is 0 Å². The van der Waals surface area contributed by atoms with Crippen LogP contribution in [0.25, 0.3) is 0 Å². The summed E-state index contributed by atoms with van der Waals surface area (Å²) in [4.78, 5) is 15.0. The first-order valence-electron chi connectivity index (χ1n) is 7.96. The molecule has 3 rings (SSSR count). The number of ether oxygens (including phenoxy) is 1. The number of likely N-dealkylation sites (N-methyl/N-ethyl adjacent to an activating group) is 1. The van der Waals surface area contributed by atoms with Gasteiger partial charge in [0.15, 0.2) is 0 Å². The van der Waals surface area contributed by atoms with Crippen molar-refractivity contribution in [3.8, 4) is 0 Å². The lowest BCUT2D eigenvalue weighted by molar-refractivity contribution is -0.0445. The van der Waals surface area contributed by atoms with Crippen molar-refractivity contribution in [2.75, 3.05) is 26.7 Å². The van der Waals surface area contributed by atoms with Gasteiger partial charge < -0.3 is 15.0 Å². The molecule has 1 amide bonds. The highest BCUT2D eigenvalue weighted by Gasteiger charge is 2.38. The van der Waals surface area contributed by atoms with Crippen LogP contribution in [-0.2, 0) is 11.2 Å². The second-order valence-corrected chi connectivity index (χ2v) is 5.92. The van der Waals surface area contributed by atoms with E-state index in [1.807, 2.05) is 25.2 Å². The minimum Gasteiger partial charge on any atom is -0.374 e. The molecule has 4 heteroatoms. The second-order valence-electron chi connectivity index (χ2n) is 5.92. The van der Waals surface area contributed by atoms with E-state index in [0.717, 1.165) is 43.5 Å². The van der Waals surface area contributed by atoms with Crippen molar-refractivity contribution in [1.82, 2.24) is 10.2 Å². The fraction of sp³-hybridized carbons (Fsp3) is 0.588. The molecule has 1 aliphatic heterocycles. The summed E-state index contributed by atoms with van der Waals surface area (Å²) < 4.78 is 5.81. The summed E-state index contributed by atoms with van der Waals surface area (Å²) in [5.41, 5.74) is 2.00. The molecule has 0 spiro atoms. The molecule has 2 unspecified atom stereocenters. The van der Waals surface area contributed by atoms with E-state index in [4.69, 9.17) is 4.74 Å². The standard InChI is InChI=1S/C17H24N2O2/c1-18-10-9-13-5-2-3-6-14(13)17(20)19-11-12-21-16-8-4-7-15(16)19/h2-3,5-6,15-16,18H,4,7-12H2,1H3. The van der Waals surface area contributed by atoms with Crippen LogP contribution in [0.15, 0.2) is 24.3 Å². The monoisotopic (exact) mass is 288 g/mol. The van der Waals surface area contributed by atoms with Gasteiger partial charge in [-0.3, -0.25) is 4.79 Å². The van der Waals surface area contributed by atoms with Gasteiger partial charge in [-0.2, -0.15) is 0 Å². The van der Waals surface area contributed by atoms with Crippen molar-refractivity contribution in [2.24, 2.45) is 0 Å². The van der Waals surface area contributed by atoms with Crippen molar-refractivity contribution < 1.29 is 9.53 Å². The van der Waals surface area contributed by atoms with Gasteiger partial charge in [-0.15, -0.1) is 0 Å². The third-order valence-electron chi connectivity index (χ3n) is 4.64. The van der Waals surface area contributed by atoms with E-state index < -0.39 is 0 Å². The number of nitrogens with zero attached hydrogens (tertiary/aromatic N) is 1. The number of morpholine rings is 1. The van der Waals surface area contributed by atoms with Crippen LogP contribution in [0, 0.1) is 0 Å². The molecule has 1 heterocycles. The van der Waals surface area contributed by atoms with Gasteiger partial charge in [-0.05, 0) is 50.9 Å². The van der Waals surface area contributed by atoms with E-state index in [0.29, 0.717) is 6.61 Å². The molecule has 1 saturated carbocycles. The molecule has 1 aromatic rings. The normalized spacial score (nSPS) is 24.9. The van der Waals surface area contributed by atoms with Crippen molar-refractivity contribution >= 4 is 5.91 Å². The number of carbonyl (C=O) groups is 1. The molecule has 1 N–H and O–H groups in total. The van der Waals surface area contributed by atoms with Crippen LogP contribution in [0.4, 0.5) is 0 Å². The third-order valence-corrected chi connectivity index (χ3v) is 4.64. The molecular weight excluding hydrogens is 264 g/mol. The van der Waals surface area contributed by atoms with Gasteiger partial charge in [0.05, 0.1) is 18.8 Å². The predicted octanol–water partition coefficient (Wildman–Crippen LogP) is 1.84. The summed E-state index contributed by atoms with van der Waals surface area (Å²) in [7, 11) is 1.94. The largest absolute Gasteiger partial charge is 0.374 e. The first kappa shape index (κ1) is 14.5. The Morgan fingerprint density at radius 1 is 1.38 bits per heavy atom. The van der Waals surface area contributed by atoms with E-state index in [2.05, 4.69) is 16.3 Å². The molecule has 2 atom stereocenters. The Balaban J connectivity index is 1.81. The van der Waals surface area contributed by atoms with Gasteiger partial charge in [0.1, 0.15) is 0 Å². The maximum Gasteiger partial charge on any atom is 0.254 e. The van der Waals surface area contributed by atoms with Gasteiger partial charge in [-0.25, -0.2) is 0 Å². The van der Waals surface area contributed by atoms with Crippen molar-refractivity contribution in [1.29, 1.82) is 0 Å². The molecule has 0 bridgehead atoms. The summed E-state index contributed by atoms with van der Waals surface area (Å²) in [6.07, 6.45) is 4.48. The molecule has 0 aromatic heterocycles. The van der Waals surface area contributed by atoms with E-state index >= 15 is 0 Å². The quantitative estimate of drug-likeness (QED) is 0.919. The zero-order valence-electron chi connectivity index (χ0n) is 12.7. The Hall–Kier alpha value is -1.39. The maximum atomic E-state index is 13.0. The minimum atomic E-state index is 0.182. The summed E-state index contributed by atoms with van der Waals surface area (Å²) in [6, 6.07) is 8.29. The van der Waals surface area contributed by atoms with Gasteiger partial charge in [0, 0.05) is 12.1 Å². The molecule has 0 radical (unpaired) electrons. The zero-order chi connectivity index (χ0) is 14.7. The Kier molecular flexibility index (Phi) is 4.56. The van der Waals surface area contributed by atoms with Crippen LogP contribution in [-0.4, -0.2) is 49.7 Å². The van der Waals surface area contributed by atoms with Crippen LogP contribution < -0.4 is 5.32 Å². The Morgan fingerprint density at radius 2 is 2.24 bits per heavy atom. The molecule has 1 aromatic carbocycles. The summed E-state index contributed by atoms with van der Waals surface area (Å²) in [5, 5.41) is 3.15. The van der Waals surface area contributed by atoms with Crippen molar-refractivity contribution in [3.05, 3.63) is 35.4 Å². The third kappa shape index (κ3) is 2.97. The number of benzene rings is 1. The topological polar surface area (TPSA) is 41.6 Å². The van der Waals surface area contributed by atoms with E-state index in [-0.39, 0.29) is 18.1 Å². The number of amides is 1. The lowest BCUT2D eigenvalue weighted by Gasteiger charge is -2.38. The first-order valence-corrected chi connectivity index (χ1v) is 7.96. The number of hydrogen-bond acceptors (Lipinski definition) is 3. The Bertz CT molecular complexity index is 503. The van der Waals surface area contributed by atoms with E-state index in [1.165, 1.54) is 6.42 Å². The fourth-order valence-corrected chi connectivity index (χ4v) is 3.54. The maximum absolute atomic E-state index is 13.0. The minimum absolute atomic E-state index is 0.182. The SMILES string of the molecule is CNCCc1ccccc1C(=O)N1CCOC2CCCC21. The summed E-state index contributed by atoms with van der Waals surface area (Å²) >= 11 is 0. The number of carbonyl (C=O) groups excluding carboxylic acids is 1. The second kappa shape index (κ2) is 6.58. The average Bonchev–Trinajstić information content (AvgIpc) is 3.01. The summed E-state index contributed by atoms with van der Waals surface area (Å²) in [6.45, 7) is 2.28. The fourth-order valence-electron chi connectivity index (χ4n) is 3.54. The Labute approximate surface area is 126 Å². The number of nitrogens with one attached hydrogen (secondary N) is 1. The lowest BCUT2D eigenvalue weighted by Crippen LogP contribution is -2.51. The number of hydrogen-bond donors (Lipinski definition) is 1. The van der Waals surface area contributed by atoms with Crippen molar-refractivity contribution in [3.63, 3.8) is 0 Å². The number of rotatable bonds is 4. The highest BCUT2D eigenvalue weighted by atomic mass is 16.5. The van der Waals surface area contributed by atoms with Crippen LogP contribution >= 0.6 is 0 Å². The highest BCUT2D eigenvalue weighted by molar-refractivity contribution is 5.96. The molecule has 2 aliphatic rings. The number of fused-ring (bicyclic) bond motifs is 1. The zero-order valence-corrected chi connectivity index (χ0v) is 12.7. The lowest BCUT2D eigenvalue weighted by atomic mass is 10.0. The van der Waals surface area contributed by atoms with Gasteiger partial charge in [0.2, 0.25) is 0 Å². The highest BCUT2D eigenvalue weighted by Crippen LogP contribution is 2.31. The van der Waals surface area contributed by atoms with Crippen LogP contribution in [0.1, 0.15) is 35.2 Å². The molecule has 2 fully saturated rings. The van der Waals surface area contributed by atoms with Crippen LogP contribution in [0.3, 0.4) is 0 Å². The van der Waals surface area contributed by atoms with Gasteiger partial charge in [0.25, 0.3) is 5.91 Å². The summed E-state index contributed by atoms with van der Waals surface area (Å²) in [5.74, 6) is 0.182. The molecule has 114 valence electrons. The molecular formula is C17H24N2O2.